The van der Waals surface area contributed by atoms with Crippen molar-refractivity contribution in [2.75, 3.05) is 6.61 Å². The molecule has 0 saturated heterocycles. The average Bonchev–Trinajstić information content (AvgIpc) is 3.31. The summed E-state index contributed by atoms with van der Waals surface area (Å²) in [6, 6.07) is 3.99. The Morgan fingerprint density at radius 1 is 1.23 bits per heavy atom. The lowest BCUT2D eigenvalue weighted by atomic mass is 9.85. The lowest BCUT2D eigenvalue weighted by molar-refractivity contribution is 0.00344. The molecule has 0 aliphatic heterocycles. The van der Waals surface area contributed by atoms with Crippen molar-refractivity contribution in [3.8, 4) is 0 Å². The number of rotatable bonds is 8. The Bertz CT molecular complexity index is 811. The van der Waals surface area contributed by atoms with Gasteiger partial charge in [-0.3, -0.25) is 0 Å². The van der Waals surface area contributed by atoms with E-state index >= 15 is 0 Å². The van der Waals surface area contributed by atoms with Crippen LogP contribution in [0.15, 0.2) is 42.0 Å². The molecule has 30 heavy (non-hydrogen) atoms. The molecule has 1 aromatic rings. The Morgan fingerprint density at radius 2 is 2.07 bits per heavy atom. The lowest BCUT2D eigenvalue weighted by Crippen LogP contribution is -2.29. The number of aliphatic hydroxyl groups excluding tert-OH is 2. The Kier molecular flexibility index (Phi) is 7.40. The third-order valence-corrected chi connectivity index (χ3v) is 8.67. The predicted molar refractivity (Wildman–Crippen MR) is 125 cm³/mol. The van der Waals surface area contributed by atoms with E-state index in [2.05, 4.69) is 24.8 Å². The molecule has 3 aliphatic rings. The van der Waals surface area contributed by atoms with E-state index in [9.17, 15) is 10.2 Å². The van der Waals surface area contributed by atoms with Crippen LogP contribution in [0.3, 0.4) is 0 Å². The average molecular weight is 449 g/mol. The predicted octanol–water partition coefficient (Wildman–Crippen LogP) is 6.42. The van der Waals surface area contributed by atoms with Crippen molar-refractivity contribution in [2.45, 2.75) is 75.4 Å². The Morgan fingerprint density at radius 3 is 2.87 bits per heavy atom. The minimum Gasteiger partial charge on any atom is -0.507 e. The summed E-state index contributed by atoms with van der Waals surface area (Å²) in [5, 5.41) is 20.1. The minimum atomic E-state index is -0.374. The topological polar surface area (TPSA) is 49.7 Å². The molecule has 0 spiro atoms. The molecule has 164 valence electrons. The zero-order valence-electron chi connectivity index (χ0n) is 17.6. The second kappa shape index (κ2) is 10.0. The van der Waals surface area contributed by atoms with E-state index in [1.54, 1.807) is 16.9 Å². The lowest BCUT2D eigenvalue weighted by Gasteiger charge is -2.29. The molecule has 1 saturated carbocycles. The standard InChI is InChI=1S/C25H33ClO3S/c1-16(27)25-12-11-20(30-25)7-4-8-21-22(24(28)14-23(21)26)15-29-19-10-9-17-5-2-3-6-18(17)13-19/h9-12,19,21-24,27-28H,1-8,13-15H2/t19?,21-,22-,23?,24-/m1/s1. The molecule has 2 N–H and O–H groups in total. The van der Waals surface area contributed by atoms with E-state index in [0.29, 0.717) is 13.0 Å². The first-order chi connectivity index (χ1) is 14.5. The van der Waals surface area contributed by atoms with Gasteiger partial charge in [0.05, 0.1) is 23.7 Å². The van der Waals surface area contributed by atoms with Gasteiger partial charge in [0.15, 0.2) is 0 Å². The van der Waals surface area contributed by atoms with E-state index in [1.165, 1.54) is 36.1 Å². The summed E-state index contributed by atoms with van der Waals surface area (Å²) in [4.78, 5) is 2.08. The van der Waals surface area contributed by atoms with Gasteiger partial charge < -0.3 is 14.9 Å². The number of allylic oxidation sites excluding steroid dienone is 2. The Balaban J connectivity index is 1.27. The molecule has 0 bridgehead atoms. The molecule has 3 nitrogen and oxygen atoms in total. The van der Waals surface area contributed by atoms with Crippen molar-refractivity contribution >= 4 is 28.7 Å². The van der Waals surface area contributed by atoms with Crippen molar-refractivity contribution in [1.82, 2.24) is 0 Å². The van der Waals surface area contributed by atoms with Crippen molar-refractivity contribution in [3.05, 3.63) is 51.8 Å². The molecule has 2 unspecified atom stereocenters. The SMILES string of the molecule is C=C(O)c1ccc(CCC[C@H]2C(Cl)C[C@@H](O)[C@@H]2COC2C=CC3=C(CCCC3)C2)s1. The highest BCUT2D eigenvalue weighted by Gasteiger charge is 2.41. The number of hydrogen-bond donors (Lipinski definition) is 2. The van der Waals surface area contributed by atoms with Gasteiger partial charge in [0.1, 0.15) is 5.76 Å². The molecule has 4 rings (SSSR count). The maximum absolute atomic E-state index is 10.6. The zero-order valence-corrected chi connectivity index (χ0v) is 19.1. The molecule has 1 heterocycles. The van der Waals surface area contributed by atoms with Crippen LogP contribution in [0.5, 0.6) is 0 Å². The zero-order chi connectivity index (χ0) is 21.1. The number of thiophene rings is 1. The summed E-state index contributed by atoms with van der Waals surface area (Å²) in [6.07, 6.45) is 13.9. The first-order valence-electron chi connectivity index (χ1n) is 11.3. The number of aryl methyl sites for hydroxylation is 1. The third kappa shape index (κ3) is 5.21. The first kappa shape index (κ1) is 22.1. The number of halogens is 1. The highest BCUT2D eigenvalue weighted by atomic mass is 35.5. The second-order valence-electron chi connectivity index (χ2n) is 9.02. The van der Waals surface area contributed by atoms with Gasteiger partial charge in [-0.2, -0.15) is 0 Å². The molecule has 5 atom stereocenters. The summed E-state index contributed by atoms with van der Waals surface area (Å²) >= 11 is 8.22. The molecule has 5 heteroatoms. The van der Waals surface area contributed by atoms with Crippen molar-refractivity contribution in [2.24, 2.45) is 11.8 Å². The van der Waals surface area contributed by atoms with Gasteiger partial charge in [-0.05, 0) is 81.4 Å². The molecule has 0 radical (unpaired) electrons. The van der Waals surface area contributed by atoms with Gasteiger partial charge >= 0.3 is 0 Å². The number of hydrogen-bond acceptors (Lipinski definition) is 4. The van der Waals surface area contributed by atoms with Gasteiger partial charge in [0, 0.05) is 16.2 Å². The van der Waals surface area contributed by atoms with E-state index < -0.39 is 0 Å². The fraction of sp³-hybridized carbons (Fsp3) is 0.600. The largest absolute Gasteiger partial charge is 0.507 e. The van der Waals surface area contributed by atoms with Crippen LogP contribution >= 0.6 is 22.9 Å². The molecule has 3 aliphatic carbocycles. The van der Waals surface area contributed by atoms with E-state index in [0.717, 1.165) is 30.6 Å². The van der Waals surface area contributed by atoms with E-state index in [4.69, 9.17) is 16.3 Å². The highest BCUT2D eigenvalue weighted by Crippen LogP contribution is 2.40. The van der Waals surface area contributed by atoms with Crippen LogP contribution in [0, 0.1) is 11.8 Å². The summed E-state index contributed by atoms with van der Waals surface area (Å²) in [5.74, 6) is 0.528. The molecule has 1 aromatic heterocycles. The van der Waals surface area contributed by atoms with Crippen LogP contribution < -0.4 is 0 Å². The summed E-state index contributed by atoms with van der Waals surface area (Å²) in [5.41, 5.74) is 3.11. The monoisotopic (exact) mass is 448 g/mol. The first-order valence-corrected chi connectivity index (χ1v) is 12.6. The normalized spacial score (nSPS) is 31.2. The number of aliphatic hydroxyl groups is 2. The van der Waals surface area contributed by atoms with E-state index in [1.807, 2.05) is 6.07 Å². The van der Waals surface area contributed by atoms with Gasteiger partial charge in [-0.15, -0.1) is 22.9 Å². The minimum absolute atomic E-state index is 0.0132. The smallest absolute Gasteiger partial charge is 0.125 e. The van der Waals surface area contributed by atoms with Crippen LogP contribution in [0.25, 0.3) is 5.76 Å². The maximum Gasteiger partial charge on any atom is 0.125 e. The van der Waals surface area contributed by atoms with Crippen LogP contribution in [-0.2, 0) is 11.2 Å². The highest BCUT2D eigenvalue weighted by molar-refractivity contribution is 7.13. The van der Waals surface area contributed by atoms with Gasteiger partial charge in [-0.1, -0.05) is 24.3 Å². The van der Waals surface area contributed by atoms with E-state index in [-0.39, 0.29) is 35.2 Å². The summed E-state index contributed by atoms with van der Waals surface area (Å²) in [7, 11) is 0. The Labute approximate surface area is 189 Å². The van der Waals surface area contributed by atoms with Crippen LogP contribution in [-0.4, -0.2) is 34.4 Å². The molecular formula is C25H33ClO3S. The Hall–Kier alpha value is -1.07. The quantitative estimate of drug-likeness (QED) is 0.356. The molecule has 0 amide bonds. The number of alkyl halides is 1. The van der Waals surface area contributed by atoms with Gasteiger partial charge in [0.2, 0.25) is 0 Å². The van der Waals surface area contributed by atoms with Gasteiger partial charge in [0.25, 0.3) is 0 Å². The summed E-state index contributed by atoms with van der Waals surface area (Å²) in [6.45, 7) is 4.17. The second-order valence-corrected chi connectivity index (χ2v) is 10.8. The van der Waals surface area contributed by atoms with Gasteiger partial charge in [-0.25, -0.2) is 0 Å². The molecular weight excluding hydrogens is 416 g/mol. The van der Waals surface area contributed by atoms with Crippen molar-refractivity contribution < 1.29 is 14.9 Å². The van der Waals surface area contributed by atoms with Crippen LogP contribution in [0.4, 0.5) is 0 Å². The molecule has 1 fully saturated rings. The number of ether oxygens (including phenoxy) is 1. The van der Waals surface area contributed by atoms with Crippen LogP contribution in [0.2, 0.25) is 0 Å². The maximum atomic E-state index is 10.6. The molecule has 0 aromatic carbocycles. The fourth-order valence-corrected chi connectivity index (χ4v) is 6.67. The third-order valence-electron chi connectivity index (χ3n) is 6.97. The fourth-order valence-electron chi connectivity index (χ4n) is 5.25. The van der Waals surface area contributed by atoms with Crippen molar-refractivity contribution in [3.63, 3.8) is 0 Å². The van der Waals surface area contributed by atoms with Crippen LogP contribution in [0.1, 0.15) is 61.1 Å². The summed E-state index contributed by atoms with van der Waals surface area (Å²) < 4.78 is 6.28. The van der Waals surface area contributed by atoms with Crippen molar-refractivity contribution in [1.29, 1.82) is 0 Å².